The standard InChI is InChI=1S/C17H18N2O3S2.C2HF3O2/c20-24(21,16-6-2-1-3-7-16)19-12-17(13-19)9-15(11-23-17)22-14-5-4-8-18-10-14;3-2(4,5)1(6)7/h1-8,10,15H,9,11-13H2;(H,6,7). The fraction of sp³-hybridized carbons (Fsp3) is 0.368. The predicted octanol–water partition coefficient (Wildman–Crippen LogP) is 3.04. The molecule has 1 aromatic heterocycles. The summed E-state index contributed by atoms with van der Waals surface area (Å²) in [6, 6.07) is 12.4. The smallest absolute Gasteiger partial charge is 0.488 e. The van der Waals surface area contributed by atoms with Gasteiger partial charge in [-0.15, -0.1) is 11.8 Å². The van der Waals surface area contributed by atoms with Crippen LogP contribution >= 0.6 is 11.8 Å². The summed E-state index contributed by atoms with van der Waals surface area (Å²) in [6.45, 7) is 1.11. The maximum atomic E-state index is 12.6. The topological polar surface area (TPSA) is 96.8 Å². The molecular formula is C19H19F3N2O5S2. The molecule has 1 aromatic carbocycles. The summed E-state index contributed by atoms with van der Waals surface area (Å²) in [6.07, 6.45) is -0.674. The van der Waals surface area contributed by atoms with E-state index in [1.54, 1.807) is 41.0 Å². The first kappa shape index (κ1) is 23.4. The molecule has 0 amide bonds. The first-order valence-electron chi connectivity index (χ1n) is 9.08. The van der Waals surface area contributed by atoms with Crippen LogP contribution in [0.5, 0.6) is 5.75 Å². The van der Waals surface area contributed by atoms with E-state index < -0.39 is 22.2 Å². The summed E-state index contributed by atoms with van der Waals surface area (Å²) >= 11 is 1.82. The first-order valence-corrected chi connectivity index (χ1v) is 11.5. The number of hydrogen-bond donors (Lipinski definition) is 1. The van der Waals surface area contributed by atoms with Gasteiger partial charge in [-0.3, -0.25) is 4.98 Å². The summed E-state index contributed by atoms with van der Waals surface area (Å²) in [4.78, 5) is 13.3. The van der Waals surface area contributed by atoms with Gasteiger partial charge in [-0.25, -0.2) is 13.2 Å². The second-order valence-electron chi connectivity index (χ2n) is 7.02. The normalized spacial score (nSPS) is 20.4. The van der Waals surface area contributed by atoms with Crippen LogP contribution < -0.4 is 4.74 Å². The van der Waals surface area contributed by atoms with E-state index in [-0.39, 0.29) is 10.9 Å². The molecule has 1 spiro atoms. The number of ether oxygens (including phenoxy) is 1. The van der Waals surface area contributed by atoms with Crippen molar-refractivity contribution in [3.63, 3.8) is 0 Å². The van der Waals surface area contributed by atoms with E-state index >= 15 is 0 Å². The number of benzene rings is 1. The summed E-state index contributed by atoms with van der Waals surface area (Å²) in [5.41, 5.74) is 0. The third-order valence-electron chi connectivity index (χ3n) is 4.66. The highest BCUT2D eigenvalue weighted by Crippen LogP contribution is 2.47. The molecule has 1 unspecified atom stereocenters. The van der Waals surface area contributed by atoms with E-state index in [0.717, 1.165) is 17.9 Å². The molecular weight excluding hydrogens is 457 g/mol. The van der Waals surface area contributed by atoms with Crippen molar-refractivity contribution in [3.05, 3.63) is 54.9 Å². The number of alkyl halides is 3. The zero-order valence-electron chi connectivity index (χ0n) is 16.0. The molecule has 12 heteroatoms. The Morgan fingerprint density at radius 1 is 1.19 bits per heavy atom. The minimum atomic E-state index is -5.08. The highest BCUT2D eigenvalue weighted by atomic mass is 32.2. The van der Waals surface area contributed by atoms with E-state index in [0.29, 0.717) is 18.0 Å². The Kier molecular flexibility index (Phi) is 6.82. The Morgan fingerprint density at radius 3 is 2.39 bits per heavy atom. The molecule has 3 heterocycles. The van der Waals surface area contributed by atoms with Crippen molar-refractivity contribution < 1.29 is 36.2 Å². The van der Waals surface area contributed by atoms with Crippen molar-refractivity contribution in [2.24, 2.45) is 0 Å². The molecule has 1 N–H and O–H groups in total. The molecule has 4 rings (SSSR count). The van der Waals surface area contributed by atoms with Gasteiger partial charge in [-0.1, -0.05) is 18.2 Å². The van der Waals surface area contributed by atoms with E-state index in [4.69, 9.17) is 14.6 Å². The minimum Gasteiger partial charge on any atom is -0.488 e. The van der Waals surface area contributed by atoms with Crippen molar-refractivity contribution >= 4 is 27.8 Å². The number of aliphatic carboxylic acids is 1. The first-order chi connectivity index (χ1) is 14.5. The molecule has 2 aromatic rings. The van der Waals surface area contributed by atoms with Crippen molar-refractivity contribution in [1.29, 1.82) is 0 Å². The van der Waals surface area contributed by atoms with Crippen LogP contribution in [-0.4, -0.2) is 64.7 Å². The number of nitrogens with zero attached hydrogens (tertiary/aromatic N) is 2. The molecule has 31 heavy (non-hydrogen) atoms. The summed E-state index contributed by atoms with van der Waals surface area (Å²) in [5.74, 6) is -1.10. The lowest BCUT2D eigenvalue weighted by atomic mass is 9.95. The fourth-order valence-electron chi connectivity index (χ4n) is 3.22. The Balaban J connectivity index is 0.000000339. The Labute approximate surface area is 181 Å². The van der Waals surface area contributed by atoms with Gasteiger partial charge in [0.2, 0.25) is 10.0 Å². The van der Waals surface area contributed by atoms with Crippen LogP contribution in [0.3, 0.4) is 0 Å². The summed E-state index contributed by atoms with van der Waals surface area (Å²) in [5, 5.41) is 7.12. The third kappa shape index (κ3) is 5.69. The van der Waals surface area contributed by atoms with Crippen LogP contribution in [0.1, 0.15) is 6.42 Å². The van der Waals surface area contributed by atoms with Gasteiger partial charge in [0.1, 0.15) is 11.9 Å². The van der Waals surface area contributed by atoms with Crippen LogP contribution in [-0.2, 0) is 14.8 Å². The maximum Gasteiger partial charge on any atom is 0.490 e. The van der Waals surface area contributed by atoms with Crippen molar-refractivity contribution in [3.8, 4) is 5.75 Å². The van der Waals surface area contributed by atoms with Crippen LogP contribution in [0.15, 0.2) is 59.8 Å². The van der Waals surface area contributed by atoms with E-state index in [9.17, 15) is 21.6 Å². The molecule has 2 aliphatic rings. The SMILES string of the molecule is O=C(O)C(F)(F)F.O=S(=O)(c1ccccc1)N1CC2(CC(Oc3cccnc3)CS2)C1. The molecule has 168 valence electrons. The number of carboxylic acids is 1. The van der Waals surface area contributed by atoms with E-state index in [1.807, 2.05) is 30.0 Å². The minimum absolute atomic E-state index is 0.00523. The quantitative estimate of drug-likeness (QED) is 0.725. The fourth-order valence-corrected chi connectivity index (χ4v) is 6.54. The average molecular weight is 476 g/mol. The van der Waals surface area contributed by atoms with Gasteiger partial charge in [-0.05, 0) is 24.3 Å². The second kappa shape index (κ2) is 9.05. The van der Waals surface area contributed by atoms with Gasteiger partial charge >= 0.3 is 12.1 Å². The van der Waals surface area contributed by atoms with Crippen LogP contribution in [0.2, 0.25) is 0 Å². The monoisotopic (exact) mass is 476 g/mol. The molecule has 2 aliphatic heterocycles. The number of pyridine rings is 1. The van der Waals surface area contributed by atoms with Gasteiger partial charge in [0.15, 0.2) is 0 Å². The number of halogens is 3. The number of carboxylic acid groups (broad SMARTS) is 1. The van der Waals surface area contributed by atoms with Gasteiger partial charge in [-0.2, -0.15) is 17.5 Å². The number of carbonyl (C=O) groups is 1. The second-order valence-corrected chi connectivity index (χ2v) is 10.4. The van der Waals surface area contributed by atoms with Gasteiger partial charge in [0.05, 0.1) is 11.1 Å². The molecule has 0 saturated carbocycles. The number of aromatic nitrogens is 1. The molecule has 0 bridgehead atoms. The molecule has 2 fully saturated rings. The van der Waals surface area contributed by atoms with Crippen LogP contribution in [0.25, 0.3) is 0 Å². The summed E-state index contributed by atoms with van der Waals surface area (Å²) in [7, 11) is -3.37. The number of rotatable bonds is 4. The van der Waals surface area contributed by atoms with Gasteiger partial charge < -0.3 is 9.84 Å². The van der Waals surface area contributed by atoms with E-state index in [2.05, 4.69) is 4.98 Å². The molecule has 2 saturated heterocycles. The van der Waals surface area contributed by atoms with Gasteiger partial charge in [0, 0.05) is 36.2 Å². The zero-order valence-corrected chi connectivity index (χ0v) is 17.7. The largest absolute Gasteiger partial charge is 0.490 e. The average Bonchev–Trinajstić information content (AvgIpc) is 3.12. The summed E-state index contributed by atoms with van der Waals surface area (Å²) < 4.78 is 64.5. The van der Waals surface area contributed by atoms with Crippen molar-refractivity contribution in [2.45, 2.75) is 28.3 Å². The molecule has 0 aliphatic carbocycles. The number of sulfonamides is 1. The van der Waals surface area contributed by atoms with Crippen LogP contribution in [0, 0.1) is 0 Å². The lowest BCUT2D eigenvalue weighted by Crippen LogP contribution is -2.60. The van der Waals surface area contributed by atoms with Gasteiger partial charge in [0.25, 0.3) is 0 Å². The third-order valence-corrected chi connectivity index (χ3v) is 8.05. The van der Waals surface area contributed by atoms with Crippen LogP contribution in [0.4, 0.5) is 13.2 Å². The van der Waals surface area contributed by atoms with Crippen molar-refractivity contribution in [1.82, 2.24) is 9.29 Å². The Morgan fingerprint density at radius 2 is 1.84 bits per heavy atom. The maximum absolute atomic E-state index is 12.6. The predicted molar refractivity (Wildman–Crippen MR) is 107 cm³/mol. The highest BCUT2D eigenvalue weighted by molar-refractivity contribution is 8.01. The molecule has 7 nitrogen and oxygen atoms in total. The lowest BCUT2D eigenvalue weighted by molar-refractivity contribution is -0.192. The Bertz CT molecular complexity index is 998. The lowest BCUT2D eigenvalue weighted by Gasteiger charge is -2.46. The Hall–Kier alpha value is -2.31. The number of hydrogen-bond acceptors (Lipinski definition) is 6. The highest BCUT2D eigenvalue weighted by Gasteiger charge is 2.53. The van der Waals surface area contributed by atoms with E-state index in [1.165, 1.54) is 0 Å². The molecule has 1 atom stereocenters. The number of thioether (sulfide) groups is 1. The molecule has 0 radical (unpaired) electrons. The zero-order chi connectivity index (χ0) is 22.7. The van der Waals surface area contributed by atoms with Crippen molar-refractivity contribution in [2.75, 3.05) is 18.8 Å².